The highest BCUT2D eigenvalue weighted by atomic mass is 16.5. The molecule has 0 unspecified atom stereocenters. The Morgan fingerprint density at radius 3 is 2.47 bits per heavy atom. The summed E-state index contributed by atoms with van der Waals surface area (Å²) in [7, 11) is 0. The molecule has 0 radical (unpaired) electrons. The number of nitrogens with zero attached hydrogens (tertiary/aromatic N) is 1. The number of fused-ring (bicyclic) bond motifs is 1. The van der Waals surface area contributed by atoms with Crippen LogP contribution >= 0.6 is 0 Å². The third-order valence-electron chi connectivity index (χ3n) is 8.73. The Morgan fingerprint density at radius 2 is 1.74 bits per heavy atom. The number of piperidine rings is 2. The number of ether oxygens (including phenoxy) is 2. The summed E-state index contributed by atoms with van der Waals surface area (Å²) in [5, 5.41) is 0. The van der Waals surface area contributed by atoms with Crippen molar-refractivity contribution in [3.8, 4) is 5.75 Å². The van der Waals surface area contributed by atoms with Gasteiger partial charge in [0, 0.05) is 23.9 Å². The molecule has 0 bridgehead atoms. The largest absolute Gasteiger partial charge is 0.493 e. The fraction of sp³-hybridized carbons (Fsp3) is 0.767. The van der Waals surface area contributed by atoms with Crippen LogP contribution in [0.1, 0.15) is 110 Å². The number of carbonyl (C=O) groups is 1. The fourth-order valence-electron chi connectivity index (χ4n) is 5.44. The summed E-state index contributed by atoms with van der Waals surface area (Å²) in [6, 6.07) is 7.31. The SMILES string of the molecule is CCC(C)(C)c1ccc(OCCCC(=O)OC[C@H]2CCCN3CCCC[C@H]23)c(C(C)(C)CC)c1. The maximum absolute atomic E-state index is 12.4. The quantitative estimate of drug-likeness (QED) is 0.256. The highest BCUT2D eigenvalue weighted by Crippen LogP contribution is 2.38. The maximum Gasteiger partial charge on any atom is 0.305 e. The molecule has 0 spiro atoms. The van der Waals surface area contributed by atoms with E-state index in [1.165, 1.54) is 56.3 Å². The molecule has 0 amide bonds. The summed E-state index contributed by atoms with van der Waals surface area (Å²) in [5.74, 6) is 1.39. The average Bonchev–Trinajstić information content (AvgIpc) is 2.85. The first-order chi connectivity index (χ1) is 16.2. The number of benzene rings is 1. The van der Waals surface area contributed by atoms with Gasteiger partial charge in [-0.3, -0.25) is 9.69 Å². The van der Waals surface area contributed by atoms with Crippen molar-refractivity contribution in [3.63, 3.8) is 0 Å². The minimum absolute atomic E-state index is 0.0428. The van der Waals surface area contributed by atoms with Crippen LogP contribution in [0.25, 0.3) is 0 Å². The third kappa shape index (κ3) is 6.77. The first-order valence-corrected chi connectivity index (χ1v) is 13.9. The second-order valence-corrected chi connectivity index (χ2v) is 11.8. The first-order valence-electron chi connectivity index (χ1n) is 13.9. The van der Waals surface area contributed by atoms with Gasteiger partial charge in [0.25, 0.3) is 0 Å². The monoisotopic (exact) mass is 471 g/mol. The van der Waals surface area contributed by atoms with Crippen molar-refractivity contribution in [1.82, 2.24) is 4.90 Å². The lowest BCUT2D eigenvalue weighted by atomic mass is 9.76. The molecule has 0 N–H and O–H groups in total. The molecule has 2 aliphatic heterocycles. The van der Waals surface area contributed by atoms with Crippen LogP contribution in [0, 0.1) is 5.92 Å². The molecule has 2 saturated heterocycles. The van der Waals surface area contributed by atoms with Crippen LogP contribution in [-0.4, -0.2) is 43.2 Å². The van der Waals surface area contributed by atoms with Gasteiger partial charge in [0.15, 0.2) is 0 Å². The van der Waals surface area contributed by atoms with Gasteiger partial charge in [0.1, 0.15) is 5.75 Å². The zero-order chi connectivity index (χ0) is 24.8. The molecule has 1 aromatic rings. The summed E-state index contributed by atoms with van der Waals surface area (Å²) in [5.41, 5.74) is 2.82. The predicted octanol–water partition coefficient (Wildman–Crippen LogP) is 7.03. The van der Waals surface area contributed by atoms with E-state index in [-0.39, 0.29) is 16.8 Å². The highest BCUT2D eigenvalue weighted by Gasteiger charge is 2.33. The average molecular weight is 472 g/mol. The van der Waals surface area contributed by atoms with Gasteiger partial charge >= 0.3 is 5.97 Å². The Hall–Kier alpha value is -1.55. The van der Waals surface area contributed by atoms with Gasteiger partial charge in [0.05, 0.1) is 13.2 Å². The second kappa shape index (κ2) is 11.9. The van der Waals surface area contributed by atoms with E-state index in [1.807, 2.05) is 0 Å². The van der Waals surface area contributed by atoms with Crippen molar-refractivity contribution in [2.45, 2.75) is 116 Å². The van der Waals surface area contributed by atoms with Crippen molar-refractivity contribution >= 4 is 5.97 Å². The highest BCUT2D eigenvalue weighted by molar-refractivity contribution is 5.69. The molecule has 0 saturated carbocycles. The van der Waals surface area contributed by atoms with Crippen LogP contribution in [-0.2, 0) is 20.4 Å². The van der Waals surface area contributed by atoms with Crippen LogP contribution in [0.2, 0.25) is 0 Å². The van der Waals surface area contributed by atoms with Crippen molar-refractivity contribution in [2.24, 2.45) is 5.92 Å². The normalized spacial score (nSPS) is 21.7. The minimum Gasteiger partial charge on any atom is -0.493 e. The van der Waals surface area contributed by atoms with Gasteiger partial charge in [-0.2, -0.15) is 0 Å². The molecule has 2 heterocycles. The Labute approximate surface area is 208 Å². The Morgan fingerprint density at radius 1 is 1.00 bits per heavy atom. The molecular weight excluding hydrogens is 422 g/mol. The summed E-state index contributed by atoms with van der Waals surface area (Å²) >= 11 is 0. The number of hydrogen-bond acceptors (Lipinski definition) is 4. The lowest BCUT2D eigenvalue weighted by Gasteiger charge is -2.44. The minimum atomic E-state index is -0.0781. The van der Waals surface area contributed by atoms with Crippen LogP contribution in [0.15, 0.2) is 18.2 Å². The molecule has 2 fully saturated rings. The Balaban J connectivity index is 1.49. The third-order valence-corrected chi connectivity index (χ3v) is 8.73. The van der Waals surface area contributed by atoms with Crippen molar-refractivity contribution in [2.75, 3.05) is 26.3 Å². The van der Waals surface area contributed by atoms with Crippen molar-refractivity contribution < 1.29 is 14.3 Å². The van der Waals surface area contributed by atoms with E-state index in [0.717, 1.165) is 18.6 Å². The summed E-state index contributed by atoms with van der Waals surface area (Å²) < 4.78 is 12.0. The number of carbonyl (C=O) groups excluding carboxylic acids is 1. The summed E-state index contributed by atoms with van der Waals surface area (Å²) in [6.45, 7) is 17.2. The summed E-state index contributed by atoms with van der Waals surface area (Å²) in [4.78, 5) is 15.1. The molecule has 2 atom stereocenters. The first kappa shape index (κ1) is 27.0. The Kier molecular flexibility index (Phi) is 9.49. The van der Waals surface area contributed by atoms with E-state index in [0.29, 0.717) is 38.0 Å². The smallest absolute Gasteiger partial charge is 0.305 e. The van der Waals surface area contributed by atoms with Gasteiger partial charge < -0.3 is 9.47 Å². The topological polar surface area (TPSA) is 38.8 Å². The Bertz CT molecular complexity index is 798. The molecule has 34 heavy (non-hydrogen) atoms. The van der Waals surface area contributed by atoms with E-state index in [4.69, 9.17) is 9.47 Å². The van der Waals surface area contributed by atoms with Crippen molar-refractivity contribution in [3.05, 3.63) is 29.3 Å². The molecule has 0 aromatic heterocycles. The van der Waals surface area contributed by atoms with Crippen LogP contribution in [0.3, 0.4) is 0 Å². The van der Waals surface area contributed by atoms with E-state index in [1.54, 1.807) is 0 Å². The molecule has 2 aliphatic rings. The molecule has 3 rings (SSSR count). The molecular formula is C30H49NO3. The van der Waals surface area contributed by atoms with Gasteiger partial charge in [-0.25, -0.2) is 0 Å². The number of hydrogen-bond donors (Lipinski definition) is 0. The van der Waals surface area contributed by atoms with E-state index < -0.39 is 0 Å². The number of rotatable bonds is 11. The molecule has 4 nitrogen and oxygen atoms in total. The van der Waals surface area contributed by atoms with Crippen LogP contribution in [0.4, 0.5) is 0 Å². The second-order valence-electron chi connectivity index (χ2n) is 11.8. The molecule has 192 valence electrons. The van der Waals surface area contributed by atoms with E-state index in [2.05, 4.69) is 64.6 Å². The van der Waals surface area contributed by atoms with Crippen LogP contribution < -0.4 is 4.74 Å². The fourth-order valence-corrected chi connectivity index (χ4v) is 5.44. The van der Waals surface area contributed by atoms with Crippen molar-refractivity contribution in [1.29, 1.82) is 0 Å². The molecule has 4 heteroatoms. The standard InChI is InChI=1S/C30H49NO3/c1-7-29(3,4)24-16-17-27(25(21-24)30(5,6)8-2)33-20-12-15-28(32)34-22-23-13-11-19-31-18-10-9-14-26(23)31/h16-17,21,23,26H,7-15,18-20,22H2,1-6H3/t23-,26-/m1/s1. The zero-order valence-corrected chi connectivity index (χ0v) is 22.8. The lowest BCUT2D eigenvalue weighted by molar-refractivity contribution is -0.146. The van der Waals surface area contributed by atoms with Gasteiger partial charge in [-0.15, -0.1) is 0 Å². The number of esters is 1. The lowest BCUT2D eigenvalue weighted by Crippen LogP contribution is -2.49. The van der Waals surface area contributed by atoms with Gasteiger partial charge in [0.2, 0.25) is 0 Å². The zero-order valence-electron chi connectivity index (χ0n) is 22.8. The van der Waals surface area contributed by atoms with Crippen LogP contribution in [0.5, 0.6) is 5.75 Å². The molecule has 0 aliphatic carbocycles. The van der Waals surface area contributed by atoms with E-state index in [9.17, 15) is 4.79 Å². The molecule has 1 aromatic carbocycles. The summed E-state index contributed by atoms with van der Waals surface area (Å²) in [6.07, 6.45) is 9.58. The van der Waals surface area contributed by atoms with E-state index >= 15 is 0 Å². The van der Waals surface area contributed by atoms with Gasteiger partial charge in [-0.1, -0.05) is 60.1 Å². The van der Waals surface area contributed by atoms with Gasteiger partial charge in [-0.05, 0) is 80.5 Å². The predicted molar refractivity (Wildman–Crippen MR) is 141 cm³/mol. The maximum atomic E-state index is 12.4.